The second-order valence-electron chi connectivity index (χ2n) is 4.18. The normalized spacial score (nSPS) is 17.6. The number of hydrogen-bond donors (Lipinski definition) is 2. The molecule has 6 heteroatoms. The molecular weight excluding hydrogens is 228 g/mol. The predicted molar refractivity (Wildman–Crippen MR) is 62.5 cm³/mol. The number of hydrogen-bond acceptors (Lipinski definition) is 3. The summed E-state index contributed by atoms with van der Waals surface area (Å²) in [5, 5.41) is 2.43. The lowest BCUT2D eigenvalue weighted by Gasteiger charge is -2.12. The molecule has 1 aliphatic carbocycles. The fourth-order valence-corrected chi connectivity index (χ4v) is 3.50. The Morgan fingerprint density at radius 3 is 2.44 bits per heavy atom. The topological polar surface area (TPSA) is 75.3 Å². The molecule has 0 unspecified atom stereocenters. The van der Waals surface area contributed by atoms with Crippen molar-refractivity contribution in [1.82, 2.24) is 10.0 Å². The fourth-order valence-electron chi connectivity index (χ4n) is 1.88. The third kappa shape index (κ3) is 4.49. The molecule has 2 N–H and O–H groups in total. The van der Waals surface area contributed by atoms with E-state index in [9.17, 15) is 13.2 Å². The minimum atomic E-state index is -3.12. The summed E-state index contributed by atoms with van der Waals surface area (Å²) in [5.74, 6) is -0.0846. The summed E-state index contributed by atoms with van der Waals surface area (Å²) >= 11 is 0. The van der Waals surface area contributed by atoms with E-state index in [1.165, 1.54) is 6.92 Å². The quantitative estimate of drug-likeness (QED) is 0.667. The van der Waals surface area contributed by atoms with Crippen molar-refractivity contribution in [3.05, 3.63) is 0 Å². The van der Waals surface area contributed by atoms with Crippen LogP contribution in [0.1, 0.15) is 39.0 Å². The molecule has 0 bridgehead atoms. The molecule has 0 aliphatic heterocycles. The Hall–Kier alpha value is -0.620. The Morgan fingerprint density at radius 1 is 1.25 bits per heavy atom. The summed E-state index contributed by atoms with van der Waals surface area (Å²) in [4.78, 5) is 10.6. The van der Waals surface area contributed by atoms with Crippen LogP contribution >= 0.6 is 0 Å². The van der Waals surface area contributed by atoms with Gasteiger partial charge in [0.25, 0.3) is 0 Å². The van der Waals surface area contributed by atoms with Crippen LogP contribution in [0.25, 0.3) is 0 Å². The zero-order chi connectivity index (χ0) is 12.0. The van der Waals surface area contributed by atoms with E-state index in [-0.39, 0.29) is 11.2 Å². The summed E-state index contributed by atoms with van der Waals surface area (Å²) in [6.07, 6.45) is 4.21. The summed E-state index contributed by atoms with van der Waals surface area (Å²) in [5.41, 5.74) is 0. The first-order valence-corrected chi connectivity index (χ1v) is 7.30. The van der Waals surface area contributed by atoms with Crippen molar-refractivity contribution in [2.24, 2.45) is 0 Å². The molecule has 1 fully saturated rings. The molecule has 94 valence electrons. The van der Waals surface area contributed by atoms with Gasteiger partial charge in [0, 0.05) is 20.0 Å². The van der Waals surface area contributed by atoms with Gasteiger partial charge in [-0.1, -0.05) is 12.8 Å². The Labute approximate surface area is 97.0 Å². The minimum Gasteiger partial charge on any atom is -0.356 e. The van der Waals surface area contributed by atoms with Crippen LogP contribution < -0.4 is 10.0 Å². The number of amides is 1. The van der Waals surface area contributed by atoms with E-state index in [1.807, 2.05) is 0 Å². The molecule has 1 amide bonds. The van der Waals surface area contributed by atoms with Gasteiger partial charge in [0.2, 0.25) is 15.9 Å². The predicted octanol–water partition coefficient (Wildman–Crippen LogP) is 0.375. The average molecular weight is 248 g/mol. The first kappa shape index (κ1) is 13.4. The first-order valence-electron chi connectivity index (χ1n) is 5.75. The van der Waals surface area contributed by atoms with Crippen molar-refractivity contribution in [3.8, 4) is 0 Å². The van der Waals surface area contributed by atoms with Crippen LogP contribution in [0.15, 0.2) is 0 Å². The SMILES string of the molecule is CC(=O)NCCCNS(=O)(=O)C1CCCC1. The van der Waals surface area contributed by atoms with E-state index in [2.05, 4.69) is 10.0 Å². The lowest BCUT2D eigenvalue weighted by atomic mass is 10.4. The molecule has 5 nitrogen and oxygen atoms in total. The van der Waals surface area contributed by atoms with E-state index in [1.54, 1.807) is 0 Å². The van der Waals surface area contributed by atoms with Crippen LogP contribution in [0.3, 0.4) is 0 Å². The third-order valence-corrected chi connectivity index (χ3v) is 4.73. The van der Waals surface area contributed by atoms with E-state index >= 15 is 0 Å². The van der Waals surface area contributed by atoms with Gasteiger partial charge in [-0.05, 0) is 19.3 Å². The van der Waals surface area contributed by atoms with Gasteiger partial charge in [0.15, 0.2) is 0 Å². The van der Waals surface area contributed by atoms with Crippen LogP contribution in [0, 0.1) is 0 Å². The number of rotatable bonds is 6. The average Bonchev–Trinajstić information content (AvgIpc) is 2.69. The second-order valence-corrected chi connectivity index (χ2v) is 6.23. The summed E-state index contributed by atoms with van der Waals surface area (Å²) in [6, 6.07) is 0. The smallest absolute Gasteiger partial charge is 0.216 e. The van der Waals surface area contributed by atoms with E-state index < -0.39 is 10.0 Å². The van der Waals surface area contributed by atoms with Crippen molar-refractivity contribution >= 4 is 15.9 Å². The van der Waals surface area contributed by atoms with Crippen LogP contribution in [-0.4, -0.2) is 32.7 Å². The highest BCUT2D eigenvalue weighted by molar-refractivity contribution is 7.90. The molecule has 0 aromatic carbocycles. The van der Waals surface area contributed by atoms with Crippen molar-refractivity contribution in [3.63, 3.8) is 0 Å². The van der Waals surface area contributed by atoms with Crippen molar-refractivity contribution < 1.29 is 13.2 Å². The van der Waals surface area contributed by atoms with Crippen molar-refractivity contribution in [2.75, 3.05) is 13.1 Å². The molecule has 0 radical (unpaired) electrons. The Bertz CT molecular complexity index is 321. The van der Waals surface area contributed by atoms with Gasteiger partial charge in [-0.25, -0.2) is 13.1 Å². The number of carbonyl (C=O) groups excluding carboxylic acids is 1. The zero-order valence-electron chi connectivity index (χ0n) is 9.66. The highest BCUT2D eigenvalue weighted by Gasteiger charge is 2.27. The van der Waals surface area contributed by atoms with E-state index in [4.69, 9.17) is 0 Å². The van der Waals surface area contributed by atoms with Crippen LogP contribution in [0.4, 0.5) is 0 Å². The fraction of sp³-hybridized carbons (Fsp3) is 0.900. The van der Waals surface area contributed by atoms with E-state index in [0.717, 1.165) is 25.7 Å². The monoisotopic (exact) mass is 248 g/mol. The maximum atomic E-state index is 11.7. The van der Waals surface area contributed by atoms with Gasteiger partial charge in [0.05, 0.1) is 5.25 Å². The van der Waals surface area contributed by atoms with Gasteiger partial charge >= 0.3 is 0 Å². The van der Waals surface area contributed by atoms with Crippen LogP contribution in [0.5, 0.6) is 0 Å². The molecule has 0 heterocycles. The lowest BCUT2D eigenvalue weighted by molar-refractivity contribution is -0.118. The molecule has 0 aromatic heterocycles. The lowest BCUT2D eigenvalue weighted by Crippen LogP contribution is -2.34. The Balaban J connectivity index is 2.18. The van der Waals surface area contributed by atoms with Crippen LogP contribution in [-0.2, 0) is 14.8 Å². The molecular formula is C10H20N2O3S. The maximum Gasteiger partial charge on any atom is 0.216 e. The molecule has 1 rings (SSSR count). The Kier molecular flexibility index (Phi) is 5.21. The van der Waals surface area contributed by atoms with Gasteiger partial charge in [-0.2, -0.15) is 0 Å². The second kappa shape index (κ2) is 6.20. The number of nitrogens with one attached hydrogen (secondary N) is 2. The molecule has 1 aliphatic rings. The third-order valence-electron chi connectivity index (χ3n) is 2.77. The molecule has 0 saturated heterocycles. The van der Waals surface area contributed by atoms with Gasteiger partial charge in [-0.3, -0.25) is 4.79 Å². The Morgan fingerprint density at radius 2 is 1.88 bits per heavy atom. The molecule has 0 atom stereocenters. The van der Waals surface area contributed by atoms with Gasteiger partial charge in [0.1, 0.15) is 0 Å². The molecule has 16 heavy (non-hydrogen) atoms. The minimum absolute atomic E-state index is 0.0846. The molecule has 0 spiro atoms. The summed E-state index contributed by atoms with van der Waals surface area (Å²) in [7, 11) is -3.12. The standard InChI is InChI=1S/C10H20N2O3S/c1-9(13)11-7-4-8-12-16(14,15)10-5-2-3-6-10/h10,12H,2-8H2,1H3,(H,11,13). The van der Waals surface area contributed by atoms with E-state index in [0.29, 0.717) is 19.5 Å². The van der Waals surface area contributed by atoms with Crippen molar-refractivity contribution in [2.45, 2.75) is 44.3 Å². The van der Waals surface area contributed by atoms with Crippen LogP contribution in [0.2, 0.25) is 0 Å². The first-order chi connectivity index (χ1) is 7.52. The summed E-state index contributed by atoms with van der Waals surface area (Å²) < 4.78 is 26.1. The summed E-state index contributed by atoms with van der Waals surface area (Å²) in [6.45, 7) is 2.37. The highest BCUT2D eigenvalue weighted by atomic mass is 32.2. The maximum absolute atomic E-state index is 11.7. The van der Waals surface area contributed by atoms with Gasteiger partial charge < -0.3 is 5.32 Å². The highest BCUT2D eigenvalue weighted by Crippen LogP contribution is 2.23. The molecule has 0 aromatic rings. The largest absolute Gasteiger partial charge is 0.356 e. The van der Waals surface area contributed by atoms with Crippen molar-refractivity contribution in [1.29, 1.82) is 0 Å². The molecule has 1 saturated carbocycles. The van der Waals surface area contributed by atoms with Gasteiger partial charge in [-0.15, -0.1) is 0 Å². The zero-order valence-corrected chi connectivity index (χ0v) is 10.5. The number of sulfonamides is 1. The number of carbonyl (C=O) groups is 1.